The van der Waals surface area contributed by atoms with E-state index in [9.17, 15) is 9.59 Å². The molecule has 0 aliphatic carbocycles. The van der Waals surface area contributed by atoms with Gasteiger partial charge in [-0.3, -0.25) is 9.59 Å². The van der Waals surface area contributed by atoms with Crippen LogP contribution in [0.15, 0.2) is 24.3 Å². The molecular weight excluding hydrogens is 258 g/mol. The Morgan fingerprint density at radius 3 is 2.65 bits per heavy atom. The summed E-state index contributed by atoms with van der Waals surface area (Å²) in [6.45, 7) is 1.28. The molecule has 0 radical (unpaired) electrons. The van der Waals surface area contributed by atoms with Crippen LogP contribution in [-0.4, -0.2) is 48.1 Å². The Kier molecular flexibility index (Phi) is 4.57. The van der Waals surface area contributed by atoms with Gasteiger partial charge in [-0.1, -0.05) is 0 Å². The second-order valence-electron chi connectivity index (χ2n) is 4.98. The van der Waals surface area contributed by atoms with E-state index in [4.69, 9.17) is 10.8 Å². The fraction of sp³-hybridized carbons (Fsp3) is 0.429. The third-order valence-electron chi connectivity index (χ3n) is 3.47. The monoisotopic (exact) mass is 277 g/mol. The van der Waals surface area contributed by atoms with Gasteiger partial charge in [0.15, 0.2) is 0 Å². The van der Waals surface area contributed by atoms with Crippen LogP contribution in [0.4, 0.5) is 5.69 Å². The molecule has 1 aliphatic rings. The molecule has 1 aromatic rings. The second-order valence-corrected chi connectivity index (χ2v) is 4.98. The molecule has 2 rings (SSSR count). The predicted octanol–water partition coefficient (Wildman–Crippen LogP) is -0.161. The number of benzene rings is 1. The number of carbonyl (C=O) groups is 2. The van der Waals surface area contributed by atoms with Crippen molar-refractivity contribution in [1.82, 2.24) is 10.2 Å². The molecule has 1 aliphatic heterocycles. The molecule has 20 heavy (non-hydrogen) atoms. The van der Waals surface area contributed by atoms with Crippen LogP contribution >= 0.6 is 0 Å². The van der Waals surface area contributed by atoms with E-state index in [-0.39, 0.29) is 30.9 Å². The van der Waals surface area contributed by atoms with Crippen molar-refractivity contribution >= 4 is 17.5 Å². The van der Waals surface area contributed by atoms with Gasteiger partial charge in [0, 0.05) is 36.9 Å². The summed E-state index contributed by atoms with van der Waals surface area (Å²) in [5.74, 6) is -0.257. The molecule has 0 saturated carbocycles. The van der Waals surface area contributed by atoms with E-state index in [0.717, 1.165) is 6.42 Å². The minimum absolute atomic E-state index is 0.0264. The van der Waals surface area contributed by atoms with E-state index in [1.54, 1.807) is 29.2 Å². The molecule has 2 amide bonds. The zero-order valence-electron chi connectivity index (χ0n) is 11.2. The van der Waals surface area contributed by atoms with Crippen LogP contribution in [0.25, 0.3) is 0 Å². The number of rotatable bonds is 4. The molecule has 0 spiro atoms. The Morgan fingerprint density at radius 1 is 1.35 bits per heavy atom. The van der Waals surface area contributed by atoms with Crippen LogP contribution in [0, 0.1) is 5.92 Å². The summed E-state index contributed by atoms with van der Waals surface area (Å²) < 4.78 is 0. The summed E-state index contributed by atoms with van der Waals surface area (Å²) in [4.78, 5) is 25.4. The Morgan fingerprint density at radius 2 is 2.05 bits per heavy atom. The van der Waals surface area contributed by atoms with Crippen molar-refractivity contribution in [2.24, 2.45) is 5.92 Å². The lowest BCUT2D eigenvalue weighted by Gasteiger charge is -2.16. The molecule has 1 atom stereocenters. The number of hydrogen-bond acceptors (Lipinski definition) is 4. The van der Waals surface area contributed by atoms with Crippen molar-refractivity contribution in [3.8, 4) is 0 Å². The first kappa shape index (κ1) is 14.3. The molecular formula is C14H19N3O3. The number of nitrogens with one attached hydrogen (secondary N) is 1. The molecule has 108 valence electrons. The Bertz CT molecular complexity index is 487. The molecule has 1 fully saturated rings. The number of carbonyl (C=O) groups excluding carboxylic acids is 2. The average molecular weight is 277 g/mol. The number of aliphatic hydroxyl groups excluding tert-OH is 1. The molecule has 1 aromatic carbocycles. The zero-order valence-corrected chi connectivity index (χ0v) is 11.2. The number of nitrogens with two attached hydrogens (primary N) is 1. The number of nitrogens with zero attached hydrogens (tertiary/aromatic N) is 1. The maximum Gasteiger partial charge on any atom is 0.251 e. The van der Waals surface area contributed by atoms with Crippen LogP contribution in [-0.2, 0) is 4.79 Å². The van der Waals surface area contributed by atoms with E-state index in [2.05, 4.69) is 5.32 Å². The lowest BCUT2D eigenvalue weighted by molar-refractivity contribution is -0.129. The number of anilines is 1. The highest BCUT2D eigenvalue weighted by atomic mass is 16.3. The van der Waals surface area contributed by atoms with E-state index < -0.39 is 0 Å². The standard InChI is InChI=1S/C14H19N3O3/c15-12-3-1-11(2-4-12)14(20)16-7-13(19)17-6-5-10(8-17)9-18/h1-4,10,18H,5-9,15H2,(H,16,20). The minimum Gasteiger partial charge on any atom is -0.399 e. The van der Waals surface area contributed by atoms with E-state index in [0.29, 0.717) is 24.3 Å². The first-order valence-electron chi connectivity index (χ1n) is 6.62. The van der Waals surface area contributed by atoms with Crippen molar-refractivity contribution < 1.29 is 14.7 Å². The SMILES string of the molecule is Nc1ccc(C(=O)NCC(=O)N2CCC(CO)C2)cc1. The number of nitrogen functional groups attached to an aromatic ring is 1. The first-order chi connectivity index (χ1) is 9.60. The van der Waals surface area contributed by atoms with Gasteiger partial charge in [-0.15, -0.1) is 0 Å². The van der Waals surface area contributed by atoms with Gasteiger partial charge in [-0.2, -0.15) is 0 Å². The number of amides is 2. The molecule has 4 N–H and O–H groups in total. The van der Waals surface area contributed by atoms with Crippen molar-refractivity contribution in [2.75, 3.05) is 32.0 Å². The summed E-state index contributed by atoms with van der Waals surface area (Å²) >= 11 is 0. The maximum atomic E-state index is 11.9. The van der Waals surface area contributed by atoms with Gasteiger partial charge in [0.1, 0.15) is 0 Å². The molecule has 6 heteroatoms. The van der Waals surface area contributed by atoms with E-state index in [1.807, 2.05) is 0 Å². The molecule has 0 bridgehead atoms. The van der Waals surface area contributed by atoms with Crippen LogP contribution < -0.4 is 11.1 Å². The highest BCUT2D eigenvalue weighted by Crippen LogP contribution is 2.15. The van der Waals surface area contributed by atoms with Crippen LogP contribution in [0.5, 0.6) is 0 Å². The van der Waals surface area contributed by atoms with Gasteiger partial charge in [-0.25, -0.2) is 0 Å². The lowest BCUT2D eigenvalue weighted by atomic mass is 10.1. The van der Waals surface area contributed by atoms with Crippen LogP contribution in [0.3, 0.4) is 0 Å². The van der Waals surface area contributed by atoms with Crippen molar-refractivity contribution in [3.05, 3.63) is 29.8 Å². The third-order valence-corrected chi connectivity index (χ3v) is 3.47. The summed E-state index contributed by atoms with van der Waals surface area (Å²) in [5.41, 5.74) is 6.61. The summed E-state index contributed by atoms with van der Waals surface area (Å²) in [6.07, 6.45) is 0.814. The van der Waals surface area contributed by atoms with Crippen molar-refractivity contribution in [3.63, 3.8) is 0 Å². The molecule has 6 nitrogen and oxygen atoms in total. The highest BCUT2D eigenvalue weighted by molar-refractivity contribution is 5.96. The number of likely N-dealkylation sites (tertiary alicyclic amines) is 1. The molecule has 1 heterocycles. The maximum absolute atomic E-state index is 11.9. The van der Waals surface area contributed by atoms with E-state index in [1.165, 1.54) is 0 Å². The minimum atomic E-state index is -0.295. The van der Waals surface area contributed by atoms with Gasteiger partial charge < -0.3 is 21.1 Å². The zero-order chi connectivity index (χ0) is 14.5. The van der Waals surface area contributed by atoms with Crippen molar-refractivity contribution in [1.29, 1.82) is 0 Å². The average Bonchev–Trinajstić information content (AvgIpc) is 2.94. The smallest absolute Gasteiger partial charge is 0.251 e. The fourth-order valence-corrected chi connectivity index (χ4v) is 2.21. The molecule has 1 unspecified atom stereocenters. The molecule has 1 saturated heterocycles. The first-order valence-corrected chi connectivity index (χ1v) is 6.62. The van der Waals surface area contributed by atoms with Gasteiger partial charge in [-0.05, 0) is 30.7 Å². The van der Waals surface area contributed by atoms with Gasteiger partial charge in [0.05, 0.1) is 6.54 Å². The Labute approximate surface area is 117 Å². The summed E-state index contributed by atoms with van der Waals surface area (Å²) in [6, 6.07) is 6.52. The van der Waals surface area contributed by atoms with Crippen molar-refractivity contribution in [2.45, 2.75) is 6.42 Å². The predicted molar refractivity (Wildman–Crippen MR) is 75.0 cm³/mol. The third kappa shape index (κ3) is 3.48. The normalized spacial score (nSPS) is 18.1. The topological polar surface area (TPSA) is 95.7 Å². The quantitative estimate of drug-likeness (QED) is 0.666. The Hall–Kier alpha value is -2.08. The van der Waals surface area contributed by atoms with Crippen LogP contribution in [0.2, 0.25) is 0 Å². The number of aliphatic hydroxyl groups is 1. The summed E-state index contributed by atoms with van der Waals surface area (Å²) in [5, 5.41) is 11.6. The second kappa shape index (κ2) is 6.38. The largest absolute Gasteiger partial charge is 0.399 e. The Balaban J connectivity index is 1.81. The van der Waals surface area contributed by atoms with Gasteiger partial charge in [0.25, 0.3) is 5.91 Å². The number of hydrogen-bond donors (Lipinski definition) is 3. The van der Waals surface area contributed by atoms with Crippen LogP contribution in [0.1, 0.15) is 16.8 Å². The molecule has 0 aromatic heterocycles. The van der Waals surface area contributed by atoms with Gasteiger partial charge in [0.2, 0.25) is 5.91 Å². The van der Waals surface area contributed by atoms with Gasteiger partial charge >= 0.3 is 0 Å². The highest BCUT2D eigenvalue weighted by Gasteiger charge is 2.25. The van der Waals surface area contributed by atoms with E-state index >= 15 is 0 Å². The summed E-state index contributed by atoms with van der Waals surface area (Å²) in [7, 11) is 0. The fourth-order valence-electron chi connectivity index (χ4n) is 2.21. The lowest BCUT2D eigenvalue weighted by Crippen LogP contribution is -2.39.